The van der Waals surface area contributed by atoms with E-state index in [1.165, 1.54) is 0 Å². The van der Waals surface area contributed by atoms with Crippen molar-refractivity contribution in [3.63, 3.8) is 0 Å². The molecule has 3 aromatic rings. The lowest BCUT2D eigenvalue weighted by molar-refractivity contribution is -0.123. The van der Waals surface area contributed by atoms with Gasteiger partial charge in [-0.1, -0.05) is 33.6 Å². The number of anilines is 1. The molecule has 0 aliphatic heterocycles. The molecule has 0 fully saturated rings. The van der Waals surface area contributed by atoms with Gasteiger partial charge in [0.15, 0.2) is 6.61 Å². The Kier molecular flexibility index (Phi) is 7.84. The number of hydrogen-bond donors (Lipinski definition) is 3. The Bertz CT molecular complexity index is 1170. The van der Waals surface area contributed by atoms with Gasteiger partial charge in [-0.15, -0.1) is 0 Å². The Hall–Kier alpha value is -3.65. The summed E-state index contributed by atoms with van der Waals surface area (Å²) < 4.78 is 6.53. The lowest BCUT2D eigenvalue weighted by atomic mass is 10.1. The number of hydrazine groups is 1. The molecule has 3 aromatic carbocycles. The molecule has 3 rings (SSSR count). The molecular formula is C25H24BrN3O4. The molecule has 0 aromatic heterocycles. The first-order valence-corrected chi connectivity index (χ1v) is 11.0. The second-order valence-corrected chi connectivity index (χ2v) is 8.48. The third-order valence-electron chi connectivity index (χ3n) is 4.77. The molecule has 0 bridgehead atoms. The lowest BCUT2D eigenvalue weighted by Gasteiger charge is -2.13. The zero-order valence-electron chi connectivity index (χ0n) is 18.5. The lowest BCUT2D eigenvalue weighted by Crippen LogP contribution is -2.43. The maximum Gasteiger partial charge on any atom is 0.276 e. The van der Waals surface area contributed by atoms with Gasteiger partial charge in [0.1, 0.15) is 5.75 Å². The van der Waals surface area contributed by atoms with E-state index in [-0.39, 0.29) is 12.5 Å². The van der Waals surface area contributed by atoms with Crippen LogP contribution in [0.15, 0.2) is 65.1 Å². The van der Waals surface area contributed by atoms with Gasteiger partial charge in [-0.3, -0.25) is 25.2 Å². The van der Waals surface area contributed by atoms with Crippen molar-refractivity contribution in [2.24, 2.45) is 0 Å². The molecule has 7 nitrogen and oxygen atoms in total. The summed E-state index contributed by atoms with van der Waals surface area (Å²) in [6.07, 6.45) is 0. The minimum absolute atomic E-state index is 0.237. The Morgan fingerprint density at radius 3 is 2.12 bits per heavy atom. The van der Waals surface area contributed by atoms with Crippen LogP contribution in [0.5, 0.6) is 5.75 Å². The zero-order chi connectivity index (χ0) is 24.0. The number of benzene rings is 3. The molecule has 33 heavy (non-hydrogen) atoms. The summed E-state index contributed by atoms with van der Waals surface area (Å²) >= 11 is 3.42. The van der Waals surface area contributed by atoms with Crippen LogP contribution < -0.4 is 20.9 Å². The van der Waals surface area contributed by atoms with E-state index in [2.05, 4.69) is 32.1 Å². The molecule has 0 heterocycles. The molecule has 0 aliphatic rings. The standard InChI is InChI=1S/C25H24BrN3O4/c1-15-5-4-6-19(11-15)24(31)27-21-9-7-18(8-10-21)25(32)29-28-22(30)14-33-23-16(2)12-20(26)13-17(23)3/h4-13H,14H2,1-3H3,(H,27,31)(H,28,30)(H,29,32). The first-order valence-electron chi connectivity index (χ1n) is 10.2. The monoisotopic (exact) mass is 509 g/mol. The topological polar surface area (TPSA) is 96.5 Å². The summed E-state index contributed by atoms with van der Waals surface area (Å²) in [5, 5.41) is 2.79. The highest BCUT2D eigenvalue weighted by Crippen LogP contribution is 2.27. The van der Waals surface area contributed by atoms with Crippen LogP contribution in [0.1, 0.15) is 37.4 Å². The third-order valence-corrected chi connectivity index (χ3v) is 5.23. The van der Waals surface area contributed by atoms with Crippen LogP contribution in [0.25, 0.3) is 0 Å². The van der Waals surface area contributed by atoms with E-state index in [0.29, 0.717) is 22.6 Å². The zero-order valence-corrected chi connectivity index (χ0v) is 20.1. The van der Waals surface area contributed by atoms with Gasteiger partial charge in [0.05, 0.1) is 0 Å². The second kappa shape index (κ2) is 10.8. The van der Waals surface area contributed by atoms with Gasteiger partial charge in [-0.2, -0.15) is 0 Å². The van der Waals surface area contributed by atoms with Gasteiger partial charge < -0.3 is 10.1 Å². The minimum Gasteiger partial charge on any atom is -0.483 e. The molecule has 170 valence electrons. The number of amides is 3. The number of hydrogen-bond acceptors (Lipinski definition) is 4. The molecule has 0 spiro atoms. The smallest absolute Gasteiger partial charge is 0.276 e. The fourth-order valence-electron chi connectivity index (χ4n) is 3.19. The van der Waals surface area contributed by atoms with Crippen LogP contribution in [-0.2, 0) is 4.79 Å². The molecule has 0 radical (unpaired) electrons. The number of nitrogens with one attached hydrogen (secondary N) is 3. The predicted molar refractivity (Wildman–Crippen MR) is 130 cm³/mol. The fraction of sp³-hybridized carbons (Fsp3) is 0.160. The van der Waals surface area contributed by atoms with Crippen LogP contribution in [-0.4, -0.2) is 24.3 Å². The van der Waals surface area contributed by atoms with E-state index in [1.807, 2.05) is 45.0 Å². The average molecular weight is 510 g/mol. The van der Waals surface area contributed by atoms with Crippen molar-refractivity contribution < 1.29 is 19.1 Å². The number of aryl methyl sites for hydroxylation is 3. The summed E-state index contributed by atoms with van der Waals surface area (Å²) in [5.74, 6) is -0.592. The van der Waals surface area contributed by atoms with Gasteiger partial charge in [-0.05, 0) is 80.4 Å². The molecule has 3 N–H and O–H groups in total. The number of halogens is 1. The van der Waals surface area contributed by atoms with E-state index in [1.54, 1.807) is 36.4 Å². The highest BCUT2D eigenvalue weighted by atomic mass is 79.9. The van der Waals surface area contributed by atoms with Crippen molar-refractivity contribution in [3.05, 3.63) is 93.0 Å². The normalized spacial score (nSPS) is 10.3. The third kappa shape index (κ3) is 6.66. The first kappa shape index (κ1) is 24.0. The van der Waals surface area contributed by atoms with Crippen LogP contribution >= 0.6 is 15.9 Å². The van der Waals surface area contributed by atoms with Crippen molar-refractivity contribution in [3.8, 4) is 5.75 Å². The molecule has 8 heteroatoms. The van der Waals surface area contributed by atoms with Gasteiger partial charge >= 0.3 is 0 Å². The molecule has 0 aliphatic carbocycles. The van der Waals surface area contributed by atoms with Crippen molar-refractivity contribution in [2.75, 3.05) is 11.9 Å². The predicted octanol–water partition coefficient (Wildman–Crippen LogP) is 4.47. The van der Waals surface area contributed by atoms with E-state index >= 15 is 0 Å². The quantitative estimate of drug-likeness (QED) is 0.427. The van der Waals surface area contributed by atoms with Gasteiger partial charge in [0, 0.05) is 21.3 Å². The van der Waals surface area contributed by atoms with E-state index in [4.69, 9.17) is 4.74 Å². The molecule has 0 atom stereocenters. The summed E-state index contributed by atoms with van der Waals surface area (Å²) in [5.41, 5.74) is 8.89. The second-order valence-electron chi connectivity index (χ2n) is 7.56. The Morgan fingerprint density at radius 2 is 1.48 bits per heavy atom. The molecule has 3 amide bonds. The molecule has 0 unspecified atom stereocenters. The van der Waals surface area contributed by atoms with Crippen molar-refractivity contribution in [1.82, 2.24) is 10.9 Å². The Labute approximate surface area is 200 Å². The minimum atomic E-state index is -0.493. The summed E-state index contributed by atoms with van der Waals surface area (Å²) in [7, 11) is 0. The average Bonchev–Trinajstić information content (AvgIpc) is 2.77. The summed E-state index contributed by atoms with van der Waals surface area (Å²) in [6.45, 7) is 5.45. The maximum absolute atomic E-state index is 12.3. The highest BCUT2D eigenvalue weighted by molar-refractivity contribution is 9.10. The maximum atomic E-state index is 12.3. The number of ether oxygens (including phenoxy) is 1. The van der Waals surface area contributed by atoms with Gasteiger partial charge in [0.25, 0.3) is 17.7 Å². The Balaban J connectivity index is 1.49. The SMILES string of the molecule is Cc1cccc(C(=O)Nc2ccc(C(=O)NNC(=O)COc3c(C)cc(Br)cc3C)cc2)c1. The highest BCUT2D eigenvalue weighted by Gasteiger charge is 2.11. The number of carbonyl (C=O) groups excluding carboxylic acids is 3. The van der Waals surface area contributed by atoms with Crippen molar-refractivity contribution in [1.29, 1.82) is 0 Å². The Morgan fingerprint density at radius 1 is 0.818 bits per heavy atom. The molecule has 0 saturated heterocycles. The first-order chi connectivity index (χ1) is 15.7. The summed E-state index contributed by atoms with van der Waals surface area (Å²) in [4.78, 5) is 36.7. The van der Waals surface area contributed by atoms with E-state index < -0.39 is 11.8 Å². The number of carbonyl (C=O) groups is 3. The van der Waals surface area contributed by atoms with Gasteiger partial charge in [-0.25, -0.2) is 0 Å². The van der Waals surface area contributed by atoms with Crippen LogP contribution in [0, 0.1) is 20.8 Å². The van der Waals surface area contributed by atoms with Crippen LogP contribution in [0.4, 0.5) is 5.69 Å². The van der Waals surface area contributed by atoms with E-state index in [0.717, 1.165) is 21.2 Å². The summed E-state index contributed by atoms with van der Waals surface area (Å²) in [6, 6.07) is 17.4. The van der Waals surface area contributed by atoms with Crippen molar-refractivity contribution in [2.45, 2.75) is 20.8 Å². The molecular weight excluding hydrogens is 486 g/mol. The van der Waals surface area contributed by atoms with E-state index in [9.17, 15) is 14.4 Å². The largest absolute Gasteiger partial charge is 0.483 e. The number of rotatable bonds is 6. The van der Waals surface area contributed by atoms with Crippen LogP contribution in [0.2, 0.25) is 0 Å². The fourth-order valence-corrected chi connectivity index (χ4v) is 3.88. The van der Waals surface area contributed by atoms with Crippen molar-refractivity contribution >= 4 is 39.3 Å². The van der Waals surface area contributed by atoms with Crippen LogP contribution in [0.3, 0.4) is 0 Å². The molecule has 0 saturated carbocycles. The van der Waals surface area contributed by atoms with Gasteiger partial charge in [0.2, 0.25) is 0 Å².